The van der Waals surface area contributed by atoms with Gasteiger partial charge in [-0.05, 0) is 45.9 Å². The molecule has 8 heteroatoms. The number of rotatable bonds is 5. The van der Waals surface area contributed by atoms with Crippen molar-refractivity contribution in [1.29, 1.82) is 0 Å². The van der Waals surface area contributed by atoms with Crippen molar-refractivity contribution in [3.8, 4) is 5.75 Å². The number of urea groups is 1. The number of benzene rings is 1. The molecule has 0 bridgehead atoms. The molecule has 0 aliphatic heterocycles. The van der Waals surface area contributed by atoms with Crippen LogP contribution in [0.25, 0.3) is 0 Å². The molecule has 2 N–H and O–H groups in total. The molecule has 0 saturated heterocycles. The van der Waals surface area contributed by atoms with Crippen molar-refractivity contribution < 1.29 is 23.9 Å². The lowest BCUT2D eigenvalue weighted by atomic mass is 10.1. The van der Waals surface area contributed by atoms with Crippen LogP contribution in [0.2, 0.25) is 5.02 Å². The molecule has 1 atom stereocenters. The monoisotopic (exact) mass is 370 g/mol. The van der Waals surface area contributed by atoms with E-state index in [1.807, 2.05) is 0 Å². The molecule has 0 heterocycles. The lowest BCUT2D eigenvalue weighted by Gasteiger charge is -2.21. The number of imide groups is 1. The molecule has 1 aromatic carbocycles. The molecule has 0 radical (unpaired) electrons. The summed E-state index contributed by atoms with van der Waals surface area (Å²) in [6.07, 6.45) is -1.24. The Kier molecular flexibility index (Phi) is 7.23. The predicted octanol–water partition coefficient (Wildman–Crippen LogP) is 2.45. The van der Waals surface area contributed by atoms with Crippen LogP contribution in [0.5, 0.6) is 5.75 Å². The number of hydrogen-bond acceptors (Lipinski definition) is 5. The second kappa shape index (κ2) is 8.71. The van der Waals surface area contributed by atoms with Gasteiger partial charge in [0.15, 0.2) is 6.10 Å². The maximum absolute atomic E-state index is 12.0. The molecular weight excluding hydrogens is 348 g/mol. The van der Waals surface area contributed by atoms with Gasteiger partial charge in [0, 0.05) is 16.1 Å². The number of ether oxygens (including phenoxy) is 2. The Hall–Kier alpha value is -2.28. The highest BCUT2D eigenvalue weighted by Gasteiger charge is 2.22. The maximum Gasteiger partial charge on any atom is 0.321 e. The SMILES string of the molecule is COc1ccc(Cl)cc1CC(=O)O[C@@H](C)C(=O)NC(=O)NC(C)(C)C. The molecule has 0 unspecified atom stereocenters. The largest absolute Gasteiger partial charge is 0.496 e. The van der Waals surface area contributed by atoms with Crippen molar-refractivity contribution in [3.05, 3.63) is 28.8 Å². The van der Waals surface area contributed by atoms with Crippen LogP contribution in [0.4, 0.5) is 4.79 Å². The Balaban J connectivity index is 2.60. The second-order valence-corrected chi connectivity index (χ2v) is 6.89. The smallest absolute Gasteiger partial charge is 0.321 e. The fraction of sp³-hybridized carbons (Fsp3) is 0.471. The first-order valence-electron chi connectivity index (χ1n) is 7.66. The number of amides is 3. The minimum atomic E-state index is -1.12. The van der Waals surface area contributed by atoms with E-state index in [-0.39, 0.29) is 6.42 Å². The standard InChI is InChI=1S/C17H23ClN2O5/c1-10(15(22)19-16(23)20-17(2,3)4)25-14(21)9-11-8-12(18)6-7-13(11)24-5/h6-8,10H,9H2,1-5H3,(H2,19,20,22,23)/t10-/m0/s1. The molecule has 1 aromatic rings. The summed E-state index contributed by atoms with van der Waals surface area (Å²) in [6.45, 7) is 6.71. The molecule has 7 nitrogen and oxygen atoms in total. The third kappa shape index (κ3) is 7.43. The van der Waals surface area contributed by atoms with Crippen LogP contribution in [-0.2, 0) is 20.7 Å². The van der Waals surface area contributed by atoms with E-state index in [0.717, 1.165) is 0 Å². The first-order chi connectivity index (χ1) is 11.5. The molecule has 0 saturated carbocycles. The summed E-state index contributed by atoms with van der Waals surface area (Å²) in [6, 6.07) is 4.21. The van der Waals surface area contributed by atoms with Crippen LogP contribution in [0.15, 0.2) is 18.2 Å². The number of methoxy groups -OCH3 is 1. The van der Waals surface area contributed by atoms with E-state index < -0.39 is 29.6 Å². The summed E-state index contributed by atoms with van der Waals surface area (Å²) < 4.78 is 10.2. The zero-order valence-electron chi connectivity index (χ0n) is 14.9. The summed E-state index contributed by atoms with van der Waals surface area (Å²) in [4.78, 5) is 35.6. The lowest BCUT2D eigenvalue weighted by Crippen LogP contribution is -2.50. The minimum Gasteiger partial charge on any atom is -0.496 e. The third-order valence-electron chi connectivity index (χ3n) is 2.98. The van der Waals surface area contributed by atoms with Gasteiger partial charge in [-0.25, -0.2) is 4.79 Å². The molecular formula is C17H23ClN2O5. The molecule has 138 valence electrons. The first-order valence-corrected chi connectivity index (χ1v) is 8.04. The number of esters is 1. The van der Waals surface area contributed by atoms with Gasteiger partial charge in [0.1, 0.15) is 5.75 Å². The van der Waals surface area contributed by atoms with Crippen LogP contribution in [0.3, 0.4) is 0 Å². The van der Waals surface area contributed by atoms with Crippen LogP contribution in [0, 0.1) is 0 Å². The first kappa shape index (κ1) is 20.8. The minimum absolute atomic E-state index is 0.116. The van der Waals surface area contributed by atoms with Crippen molar-refractivity contribution in [3.63, 3.8) is 0 Å². The van der Waals surface area contributed by atoms with Crippen molar-refractivity contribution >= 4 is 29.5 Å². The lowest BCUT2D eigenvalue weighted by molar-refractivity contribution is -0.153. The molecule has 0 spiro atoms. The van der Waals surface area contributed by atoms with E-state index in [4.69, 9.17) is 21.1 Å². The van der Waals surface area contributed by atoms with Crippen LogP contribution in [0.1, 0.15) is 33.3 Å². The van der Waals surface area contributed by atoms with Gasteiger partial charge in [0.05, 0.1) is 13.5 Å². The highest BCUT2D eigenvalue weighted by Crippen LogP contribution is 2.23. The van der Waals surface area contributed by atoms with E-state index in [1.165, 1.54) is 14.0 Å². The number of halogens is 1. The van der Waals surface area contributed by atoms with Gasteiger partial charge < -0.3 is 14.8 Å². The van der Waals surface area contributed by atoms with Crippen molar-refractivity contribution in [2.75, 3.05) is 7.11 Å². The summed E-state index contributed by atoms with van der Waals surface area (Å²) >= 11 is 5.91. The van der Waals surface area contributed by atoms with Gasteiger partial charge in [-0.15, -0.1) is 0 Å². The summed E-state index contributed by atoms with van der Waals surface area (Å²) in [5.74, 6) is -0.865. The van der Waals surface area contributed by atoms with Crippen molar-refractivity contribution in [2.24, 2.45) is 0 Å². The number of carbonyl (C=O) groups is 3. The number of carbonyl (C=O) groups excluding carboxylic acids is 3. The predicted molar refractivity (Wildman–Crippen MR) is 93.7 cm³/mol. The van der Waals surface area contributed by atoms with Crippen molar-refractivity contribution in [1.82, 2.24) is 10.6 Å². The fourth-order valence-corrected chi connectivity index (χ4v) is 2.11. The molecule has 0 aliphatic rings. The quantitative estimate of drug-likeness (QED) is 0.776. The van der Waals surface area contributed by atoms with Crippen LogP contribution < -0.4 is 15.4 Å². The van der Waals surface area contributed by atoms with Gasteiger partial charge in [-0.2, -0.15) is 0 Å². The average molecular weight is 371 g/mol. The summed E-state index contributed by atoms with van der Waals surface area (Å²) in [5, 5.41) is 5.15. The molecule has 0 aliphatic carbocycles. The van der Waals surface area contributed by atoms with Gasteiger partial charge in [-0.1, -0.05) is 11.6 Å². The highest BCUT2D eigenvalue weighted by atomic mass is 35.5. The Morgan fingerprint density at radius 1 is 1.24 bits per heavy atom. The summed E-state index contributed by atoms with van der Waals surface area (Å²) in [7, 11) is 1.47. The van der Waals surface area contributed by atoms with Gasteiger partial charge in [-0.3, -0.25) is 14.9 Å². The van der Waals surface area contributed by atoms with Gasteiger partial charge >= 0.3 is 12.0 Å². The Morgan fingerprint density at radius 2 is 1.88 bits per heavy atom. The maximum atomic E-state index is 12.0. The summed E-state index contributed by atoms with van der Waals surface area (Å²) in [5.41, 5.74) is 0.0472. The zero-order chi connectivity index (χ0) is 19.2. The molecule has 0 aromatic heterocycles. The average Bonchev–Trinajstić information content (AvgIpc) is 2.45. The Labute approximate surface area is 152 Å². The van der Waals surface area contributed by atoms with E-state index in [0.29, 0.717) is 16.3 Å². The van der Waals surface area contributed by atoms with E-state index in [9.17, 15) is 14.4 Å². The van der Waals surface area contributed by atoms with E-state index in [2.05, 4.69) is 10.6 Å². The third-order valence-corrected chi connectivity index (χ3v) is 3.22. The van der Waals surface area contributed by atoms with E-state index >= 15 is 0 Å². The van der Waals surface area contributed by atoms with E-state index in [1.54, 1.807) is 39.0 Å². The Bertz CT molecular complexity index is 655. The molecule has 1 rings (SSSR count). The van der Waals surface area contributed by atoms with Gasteiger partial charge in [0.25, 0.3) is 5.91 Å². The number of hydrogen-bond donors (Lipinski definition) is 2. The van der Waals surface area contributed by atoms with Crippen LogP contribution >= 0.6 is 11.6 Å². The van der Waals surface area contributed by atoms with Crippen molar-refractivity contribution in [2.45, 2.75) is 45.8 Å². The zero-order valence-corrected chi connectivity index (χ0v) is 15.7. The van der Waals surface area contributed by atoms with Gasteiger partial charge in [0.2, 0.25) is 0 Å². The molecule has 3 amide bonds. The number of nitrogens with one attached hydrogen (secondary N) is 2. The second-order valence-electron chi connectivity index (χ2n) is 6.46. The molecule has 25 heavy (non-hydrogen) atoms. The Morgan fingerprint density at radius 3 is 2.44 bits per heavy atom. The normalized spacial score (nSPS) is 12.1. The topological polar surface area (TPSA) is 93.7 Å². The fourth-order valence-electron chi connectivity index (χ4n) is 1.92. The van der Waals surface area contributed by atoms with Crippen LogP contribution in [-0.4, -0.2) is 36.7 Å². The molecule has 0 fully saturated rings. The highest BCUT2D eigenvalue weighted by molar-refractivity contribution is 6.30.